The van der Waals surface area contributed by atoms with E-state index in [-0.39, 0.29) is 5.91 Å². The SMILES string of the molecule is O=C(CSCc1cc(-c2cccs2)on1)N1CCC(Nc2cccnn2)CC1. The molecule has 0 atom stereocenters. The average molecular weight is 416 g/mol. The summed E-state index contributed by atoms with van der Waals surface area (Å²) in [5.74, 6) is 2.89. The average Bonchev–Trinajstić information content (AvgIpc) is 3.41. The molecule has 0 spiro atoms. The number of rotatable bonds is 7. The molecule has 28 heavy (non-hydrogen) atoms. The zero-order chi connectivity index (χ0) is 19.2. The number of nitrogens with zero attached hydrogens (tertiary/aromatic N) is 4. The van der Waals surface area contributed by atoms with Gasteiger partial charge in [-0.25, -0.2) is 0 Å². The lowest BCUT2D eigenvalue weighted by Crippen LogP contribution is -2.43. The number of nitrogens with one attached hydrogen (secondary N) is 1. The number of hydrogen-bond acceptors (Lipinski definition) is 8. The minimum Gasteiger partial charge on any atom is -0.366 e. The third-order valence-electron chi connectivity index (χ3n) is 4.57. The first kappa shape index (κ1) is 18.9. The van der Waals surface area contributed by atoms with Gasteiger partial charge in [-0.05, 0) is 36.4 Å². The van der Waals surface area contributed by atoms with Crippen molar-refractivity contribution >= 4 is 34.8 Å². The van der Waals surface area contributed by atoms with E-state index in [2.05, 4.69) is 20.7 Å². The molecule has 1 fully saturated rings. The van der Waals surface area contributed by atoms with Crippen molar-refractivity contribution in [2.75, 3.05) is 24.2 Å². The lowest BCUT2D eigenvalue weighted by molar-refractivity contribution is -0.129. The van der Waals surface area contributed by atoms with E-state index < -0.39 is 0 Å². The summed E-state index contributed by atoms with van der Waals surface area (Å²) in [7, 11) is 0. The number of piperidine rings is 1. The lowest BCUT2D eigenvalue weighted by Gasteiger charge is -2.32. The van der Waals surface area contributed by atoms with E-state index >= 15 is 0 Å². The molecule has 4 heterocycles. The number of aromatic nitrogens is 3. The first-order valence-corrected chi connectivity index (χ1v) is 11.2. The van der Waals surface area contributed by atoms with Gasteiger partial charge in [0, 0.05) is 37.1 Å². The van der Waals surface area contributed by atoms with Crippen molar-refractivity contribution in [2.45, 2.75) is 24.6 Å². The topological polar surface area (TPSA) is 84.2 Å². The monoisotopic (exact) mass is 415 g/mol. The molecule has 1 aliphatic heterocycles. The minimum absolute atomic E-state index is 0.185. The second kappa shape index (κ2) is 9.20. The number of thioether (sulfide) groups is 1. The van der Waals surface area contributed by atoms with Gasteiger partial charge in [-0.2, -0.15) is 5.10 Å². The van der Waals surface area contributed by atoms with E-state index in [0.29, 0.717) is 17.5 Å². The smallest absolute Gasteiger partial charge is 0.232 e. The summed E-state index contributed by atoms with van der Waals surface area (Å²) in [6, 6.07) is 10.1. The van der Waals surface area contributed by atoms with Gasteiger partial charge in [-0.3, -0.25) is 4.79 Å². The molecule has 9 heteroatoms. The van der Waals surface area contributed by atoms with Crippen LogP contribution in [0.15, 0.2) is 46.4 Å². The molecule has 3 aromatic rings. The molecule has 0 bridgehead atoms. The summed E-state index contributed by atoms with van der Waals surface area (Å²) in [5, 5.41) is 17.4. The van der Waals surface area contributed by atoms with Crippen LogP contribution in [0.2, 0.25) is 0 Å². The van der Waals surface area contributed by atoms with Crippen LogP contribution in [0.25, 0.3) is 10.6 Å². The molecular formula is C19H21N5O2S2. The first-order valence-electron chi connectivity index (χ1n) is 9.17. The Kier molecular flexibility index (Phi) is 6.23. The molecule has 0 unspecified atom stereocenters. The van der Waals surface area contributed by atoms with Crippen molar-refractivity contribution in [1.82, 2.24) is 20.3 Å². The summed E-state index contributed by atoms with van der Waals surface area (Å²) in [4.78, 5) is 15.5. The zero-order valence-electron chi connectivity index (χ0n) is 15.3. The Bertz CT molecular complexity index is 877. The summed E-state index contributed by atoms with van der Waals surface area (Å²) < 4.78 is 5.38. The maximum Gasteiger partial charge on any atom is 0.232 e. The van der Waals surface area contributed by atoms with Crippen molar-refractivity contribution in [3.63, 3.8) is 0 Å². The van der Waals surface area contributed by atoms with Gasteiger partial charge in [-0.1, -0.05) is 11.2 Å². The Morgan fingerprint density at radius 3 is 2.96 bits per heavy atom. The van der Waals surface area contributed by atoms with Crippen LogP contribution in [0.4, 0.5) is 5.82 Å². The molecule has 1 amide bonds. The van der Waals surface area contributed by atoms with Crippen molar-refractivity contribution < 1.29 is 9.32 Å². The van der Waals surface area contributed by atoms with Crippen LogP contribution in [-0.2, 0) is 10.5 Å². The van der Waals surface area contributed by atoms with Gasteiger partial charge >= 0.3 is 0 Å². The van der Waals surface area contributed by atoms with Crippen molar-refractivity contribution in [3.8, 4) is 10.6 Å². The molecule has 146 valence electrons. The summed E-state index contributed by atoms with van der Waals surface area (Å²) in [6.07, 6.45) is 3.49. The highest BCUT2D eigenvalue weighted by Crippen LogP contribution is 2.26. The summed E-state index contributed by atoms with van der Waals surface area (Å²) in [5.41, 5.74) is 0.869. The fourth-order valence-corrected chi connectivity index (χ4v) is 4.59. The quantitative estimate of drug-likeness (QED) is 0.632. The second-order valence-corrected chi connectivity index (χ2v) is 8.49. The van der Waals surface area contributed by atoms with Crippen LogP contribution >= 0.6 is 23.1 Å². The molecule has 0 saturated carbocycles. The second-order valence-electron chi connectivity index (χ2n) is 6.56. The molecule has 1 aliphatic rings. The molecule has 0 aliphatic carbocycles. The van der Waals surface area contributed by atoms with Gasteiger partial charge in [0.2, 0.25) is 5.91 Å². The van der Waals surface area contributed by atoms with Crippen LogP contribution in [0.1, 0.15) is 18.5 Å². The van der Waals surface area contributed by atoms with Crippen LogP contribution in [0, 0.1) is 0 Å². The van der Waals surface area contributed by atoms with E-state index in [1.54, 1.807) is 29.3 Å². The molecule has 4 rings (SSSR count). The number of amides is 1. The largest absolute Gasteiger partial charge is 0.366 e. The Hall–Kier alpha value is -2.39. The van der Waals surface area contributed by atoms with E-state index in [1.165, 1.54) is 0 Å². The third-order valence-corrected chi connectivity index (χ3v) is 6.41. The number of hydrogen-bond donors (Lipinski definition) is 1. The molecular weight excluding hydrogens is 394 g/mol. The number of carbonyl (C=O) groups is 1. The molecule has 0 aromatic carbocycles. The maximum absolute atomic E-state index is 12.5. The van der Waals surface area contributed by atoms with Gasteiger partial charge in [0.15, 0.2) is 5.76 Å². The highest BCUT2D eigenvalue weighted by molar-refractivity contribution is 7.99. The number of anilines is 1. The third kappa shape index (κ3) is 4.90. The summed E-state index contributed by atoms with van der Waals surface area (Å²) >= 11 is 3.20. The Morgan fingerprint density at radius 2 is 2.21 bits per heavy atom. The van der Waals surface area contributed by atoms with Crippen molar-refractivity contribution in [2.24, 2.45) is 0 Å². The van der Waals surface area contributed by atoms with Gasteiger partial charge < -0.3 is 14.7 Å². The predicted molar refractivity (Wildman–Crippen MR) is 111 cm³/mol. The van der Waals surface area contributed by atoms with E-state index in [1.807, 2.05) is 40.6 Å². The zero-order valence-corrected chi connectivity index (χ0v) is 16.9. The fraction of sp³-hybridized carbons (Fsp3) is 0.368. The standard InChI is InChI=1S/C19H21N5O2S2/c25-19(13-27-12-15-11-16(26-23-15)17-3-2-10-28-17)24-8-5-14(6-9-24)21-18-4-1-7-20-22-18/h1-4,7,10-11,14H,5-6,8-9,12-13H2,(H,21,22). The number of likely N-dealkylation sites (tertiary alicyclic amines) is 1. The van der Waals surface area contributed by atoms with E-state index in [9.17, 15) is 4.79 Å². The molecule has 1 N–H and O–H groups in total. The van der Waals surface area contributed by atoms with Crippen molar-refractivity contribution in [1.29, 1.82) is 0 Å². The highest BCUT2D eigenvalue weighted by Gasteiger charge is 2.23. The number of carbonyl (C=O) groups excluding carboxylic acids is 1. The Balaban J connectivity index is 1.18. The van der Waals surface area contributed by atoms with Crippen LogP contribution in [-0.4, -0.2) is 51.0 Å². The number of thiophene rings is 1. The van der Waals surface area contributed by atoms with E-state index in [0.717, 1.165) is 48.1 Å². The molecule has 3 aromatic heterocycles. The van der Waals surface area contributed by atoms with Gasteiger partial charge in [0.05, 0.1) is 16.3 Å². The lowest BCUT2D eigenvalue weighted by atomic mass is 10.1. The Morgan fingerprint density at radius 1 is 1.32 bits per heavy atom. The molecule has 7 nitrogen and oxygen atoms in total. The van der Waals surface area contributed by atoms with E-state index in [4.69, 9.17) is 4.52 Å². The normalized spacial score (nSPS) is 14.9. The Labute approximate surface area is 171 Å². The minimum atomic E-state index is 0.185. The van der Waals surface area contributed by atoms with Crippen LogP contribution < -0.4 is 5.32 Å². The summed E-state index contributed by atoms with van der Waals surface area (Å²) in [6.45, 7) is 1.54. The van der Waals surface area contributed by atoms with Crippen molar-refractivity contribution in [3.05, 3.63) is 47.6 Å². The molecule has 0 radical (unpaired) electrons. The molecule has 1 saturated heterocycles. The van der Waals surface area contributed by atoms with Crippen LogP contribution in [0.5, 0.6) is 0 Å². The predicted octanol–water partition coefficient (Wildman–Crippen LogP) is 3.53. The fourth-order valence-electron chi connectivity index (χ4n) is 3.11. The van der Waals surface area contributed by atoms with Gasteiger partial charge in [0.1, 0.15) is 5.82 Å². The highest BCUT2D eigenvalue weighted by atomic mass is 32.2. The first-order chi connectivity index (χ1) is 13.8. The maximum atomic E-state index is 12.5. The van der Waals surface area contributed by atoms with Crippen LogP contribution in [0.3, 0.4) is 0 Å². The van der Waals surface area contributed by atoms with Gasteiger partial charge in [-0.15, -0.1) is 28.2 Å². The van der Waals surface area contributed by atoms with Gasteiger partial charge in [0.25, 0.3) is 0 Å².